The first-order valence-corrected chi connectivity index (χ1v) is 6.20. The lowest BCUT2D eigenvalue weighted by Gasteiger charge is -2.27. The van der Waals surface area contributed by atoms with E-state index in [0.717, 1.165) is 30.4 Å². The molecule has 0 spiro atoms. The first kappa shape index (κ1) is 11.2. The molecule has 1 aliphatic heterocycles. The molecule has 6 heteroatoms. The topological polar surface area (TPSA) is 55.3 Å². The molecule has 1 saturated heterocycles. The van der Waals surface area contributed by atoms with Crippen molar-refractivity contribution in [2.75, 3.05) is 36.6 Å². The lowest BCUT2D eigenvalue weighted by atomic mass is 10.4. The number of nitrogens with zero attached hydrogens (tertiary/aromatic N) is 3. The van der Waals surface area contributed by atoms with E-state index < -0.39 is 5.97 Å². The molecule has 0 bridgehead atoms. The van der Waals surface area contributed by atoms with Crippen molar-refractivity contribution in [1.82, 2.24) is 9.97 Å². The molecule has 0 unspecified atom stereocenters. The Hall–Kier alpha value is -1.30. The number of hydrogen-bond acceptors (Lipinski definition) is 6. The van der Waals surface area contributed by atoms with Crippen molar-refractivity contribution in [2.24, 2.45) is 0 Å². The van der Waals surface area contributed by atoms with Gasteiger partial charge in [0.2, 0.25) is 0 Å². The molecule has 16 heavy (non-hydrogen) atoms. The van der Waals surface area contributed by atoms with Crippen LogP contribution in [-0.4, -0.2) is 47.6 Å². The van der Waals surface area contributed by atoms with Gasteiger partial charge in [-0.25, -0.2) is 9.78 Å². The molecule has 0 aliphatic carbocycles. The minimum Gasteiger partial charge on any atom is -0.464 e. The Balaban J connectivity index is 2.17. The molecule has 1 aromatic heterocycles. The van der Waals surface area contributed by atoms with Gasteiger partial charge >= 0.3 is 5.97 Å². The summed E-state index contributed by atoms with van der Waals surface area (Å²) in [6, 6.07) is 0. The molecule has 0 aromatic carbocycles. The molecule has 0 N–H and O–H groups in total. The number of carbonyl (C=O) groups excluding carboxylic acids is 1. The summed E-state index contributed by atoms with van der Waals surface area (Å²) < 4.78 is 4.61. The minimum atomic E-state index is -0.444. The van der Waals surface area contributed by atoms with Crippen molar-refractivity contribution >= 4 is 23.5 Å². The number of methoxy groups -OCH3 is 1. The fourth-order valence-electron chi connectivity index (χ4n) is 1.50. The number of rotatable bonds is 2. The van der Waals surface area contributed by atoms with E-state index in [1.807, 2.05) is 11.8 Å². The third-order valence-electron chi connectivity index (χ3n) is 2.35. The van der Waals surface area contributed by atoms with Crippen LogP contribution in [0.25, 0.3) is 0 Å². The van der Waals surface area contributed by atoms with E-state index in [2.05, 4.69) is 19.6 Å². The predicted molar refractivity (Wildman–Crippen MR) is 62.9 cm³/mol. The van der Waals surface area contributed by atoms with Crippen molar-refractivity contribution in [2.45, 2.75) is 0 Å². The largest absolute Gasteiger partial charge is 0.464 e. The summed E-state index contributed by atoms with van der Waals surface area (Å²) >= 11 is 1.93. The lowest BCUT2D eigenvalue weighted by Crippen LogP contribution is -2.33. The van der Waals surface area contributed by atoms with Gasteiger partial charge in [-0.3, -0.25) is 4.98 Å². The molecule has 2 rings (SSSR count). The van der Waals surface area contributed by atoms with Crippen molar-refractivity contribution < 1.29 is 9.53 Å². The zero-order chi connectivity index (χ0) is 11.4. The molecule has 1 fully saturated rings. The highest BCUT2D eigenvalue weighted by Gasteiger charge is 2.15. The third kappa shape index (κ3) is 2.44. The van der Waals surface area contributed by atoms with E-state index in [0.29, 0.717) is 0 Å². The fraction of sp³-hybridized carbons (Fsp3) is 0.500. The van der Waals surface area contributed by atoms with Crippen molar-refractivity contribution in [1.29, 1.82) is 0 Å². The Labute approximate surface area is 98.2 Å². The second-order valence-corrected chi connectivity index (χ2v) is 4.58. The quantitative estimate of drug-likeness (QED) is 0.712. The Bertz CT molecular complexity index is 380. The average molecular weight is 239 g/mol. The highest BCUT2D eigenvalue weighted by Crippen LogP contribution is 2.16. The summed E-state index contributed by atoms with van der Waals surface area (Å²) in [5, 5.41) is 0. The summed E-state index contributed by atoms with van der Waals surface area (Å²) in [6.07, 6.45) is 3.11. The monoisotopic (exact) mass is 239 g/mol. The molecule has 0 radical (unpaired) electrons. The van der Waals surface area contributed by atoms with E-state index in [1.54, 1.807) is 6.20 Å². The molecule has 0 saturated carbocycles. The van der Waals surface area contributed by atoms with Gasteiger partial charge in [-0.15, -0.1) is 0 Å². The lowest BCUT2D eigenvalue weighted by molar-refractivity contribution is 0.0593. The first-order chi connectivity index (χ1) is 7.81. The van der Waals surface area contributed by atoms with Gasteiger partial charge in [0.05, 0.1) is 19.5 Å². The maximum absolute atomic E-state index is 11.3. The van der Waals surface area contributed by atoms with Crippen LogP contribution in [0.4, 0.5) is 5.82 Å². The maximum Gasteiger partial charge on any atom is 0.358 e. The molecular formula is C10H13N3O2S. The number of aromatic nitrogens is 2. The summed E-state index contributed by atoms with van der Waals surface area (Å²) in [5.41, 5.74) is 0.262. The summed E-state index contributed by atoms with van der Waals surface area (Å²) in [7, 11) is 1.34. The molecule has 86 valence electrons. The molecule has 5 nitrogen and oxygen atoms in total. The number of ether oxygens (including phenoxy) is 1. The van der Waals surface area contributed by atoms with Crippen LogP contribution < -0.4 is 4.90 Å². The van der Waals surface area contributed by atoms with Gasteiger partial charge in [-0.2, -0.15) is 11.8 Å². The van der Waals surface area contributed by atoms with Gasteiger partial charge in [0, 0.05) is 24.6 Å². The van der Waals surface area contributed by atoms with Gasteiger partial charge in [-0.1, -0.05) is 0 Å². The van der Waals surface area contributed by atoms with E-state index in [1.165, 1.54) is 13.3 Å². The fourth-order valence-corrected chi connectivity index (χ4v) is 2.41. The van der Waals surface area contributed by atoms with Crippen LogP contribution in [-0.2, 0) is 4.74 Å². The average Bonchev–Trinajstić information content (AvgIpc) is 2.39. The zero-order valence-corrected chi connectivity index (χ0v) is 9.87. The smallest absolute Gasteiger partial charge is 0.358 e. The van der Waals surface area contributed by atoms with Crippen molar-refractivity contribution in [3.63, 3.8) is 0 Å². The molecule has 1 aromatic rings. The van der Waals surface area contributed by atoms with E-state index in [4.69, 9.17) is 0 Å². The molecule has 0 amide bonds. The van der Waals surface area contributed by atoms with E-state index in [-0.39, 0.29) is 5.69 Å². The first-order valence-electron chi connectivity index (χ1n) is 5.04. The van der Waals surface area contributed by atoms with Crippen LogP contribution in [0.2, 0.25) is 0 Å². The normalized spacial score (nSPS) is 15.9. The Morgan fingerprint density at radius 3 is 2.88 bits per heavy atom. The Morgan fingerprint density at radius 1 is 1.44 bits per heavy atom. The second-order valence-electron chi connectivity index (χ2n) is 3.35. The molecule has 0 atom stereocenters. The Morgan fingerprint density at radius 2 is 2.19 bits per heavy atom. The summed E-state index contributed by atoms with van der Waals surface area (Å²) in [4.78, 5) is 21.7. The highest BCUT2D eigenvalue weighted by molar-refractivity contribution is 7.99. The number of hydrogen-bond donors (Lipinski definition) is 0. The van der Waals surface area contributed by atoms with Crippen LogP contribution in [0.3, 0.4) is 0 Å². The Kier molecular flexibility index (Phi) is 3.61. The van der Waals surface area contributed by atoms with E-state index in [9.17, 15) is 4.79 Å². The number of thioether (sulfide) groups is 1. The van der Waals surface area contributed by atoms with Gasteiger partial charge in [-0.05, 0) is 0 Å². The van der Waals surface area contributed by atoms with Crippen LogP contribution in [0, 0.1) is 0 Å². The van der Waals surface area contributed by atoms with Crippen molar-refractivity contribution in [3.8, 4) is 0 Å². The molecule has 2 heterocycles. The highest BCUT2D eigenvalue weighted by atomic mass is 32.2. The third-order valence-corrected chi connectivity index (χ3v) is 3.29. The standard InChI is InChI=1S/C10H13N3O2S/c1-15-10(14)8-6-11-7-9(12-8)13-2-4-16-5-3-13/h6-7H,2-5H2,1H3. The summed E-state index contributed by atoms with van der Waals surface area (Å²) in [6.45, 7) is 1.90. The predicted octanol–water partition coefficient (Wildman–Crippen LogP) is 0.816. The van der Waals surface area contributed by atoms with Crippen LogP contribution in [0.1, 0.15) is 10.5 Å². The summed E-state index contributed by atoms with van der Waals surface area (Å²) in [5.74, 6) is 2.48. The van der Waals surface area contributed by atoms with Gasteiger partial charge < -0.3 is 9.64 Å². The van der Waals surface area contributed by atoms with Crippen molar-refractivity contribution in [3.05, 3.63) is 18.1 Å². The maximum atomic E-state index is 11.3. The van der Waals surface area contributed by atoms with Crippen LogP contribution in [0.15, 0.2) is 12.4 Å². The molecule has 1 aliphatic rings. The SMILES string of the molecule is COC(=O)c1cncc(N2CCSCC2)n1. The zero-order valence-electron chi connectivity index (χ0n) is 9.05. The minimum absolute atomic E-state index is 0.262. The van der Waals surface area contributed by atoms with E-state index >= 15 is 0 Å². The molecular weight excluding hydrogens is 226 g/mol. The second kappa shape index (κ2) is 5.16. The number of anilines is 1. The van der Waals surface area contributed by atoms with Gasteiger partial charge in [0.1, 0.15) is 5.82 Å². The number of carbonyl (C=O) groups is 1. The van der Waals surface area contributed by atoms with Gasteiger partial charge in [0.25, 0.3) is 0 Å². The van der Waals surface area contributed by atoms with Gasteiger partial charge in [0.15, 0.2) is 5.69 Å². The number of esters is 1. The van der Waals surface area contributed by atoms with Crippen LogP contribution >= 0.6 is 11.8 Å². The van der Waals surface area contributed by atoms with Crippen LogP contribution in [0.5, 0.6) is 0 Å².